The third-order valence-corrected chi connectivity index (χ3v) is 5.09. The highest BCUT2D eigenvalue weighted by atomic mass is 19.3. The minimum Gasteiger partial charge on any atom is -0.497 e. The van der Waals surface area contributed by atoms with Crippen LogP contribution in [0.4, 0.5) is 14.6 Å². The highest BCUT2D eigenvalue weighted by Gasteiger charge is 2.27. The Balaban J connectivity index is 1.68. The Labute approximate surface area is 172 Å². The average Bonchev–Trinajstić information content (AvgIpc) is 3.19. The van der Waals surface area contributed by atoms with Crippen molar-refractivity contribution in [2.75, 3.05) is 26.1 Å². The fourth-order valence-electron chi connectivity index (χ4n) is 3.58. The highest BCUT2D eigenvalue weighted by Crippen LogP contribution is 2.34. The van der Waals surface area contributed by atoms with Crippen LogP contribution in [0, 0.1) is 0 Å². The standard InChI is InChI=1S/C20H23F2N5O3/c1-28-13-7-6-12(14(9-13)29-2)10-23-19-16-17(18(21)22)26-27(20(16)25-11-24-19)15-5-3-4-8-30-15/h6-7,9,11,15,18H,3-5,8,10H2,1-2H3,(H,23,24,25). The van der Waals surface area contributed by atoms with Crippen LogP contribution in [-0.2, 0) is 11.3 Å². The number of nitrogens with one attached hydrogen (secondary N) is 1. The molecule has 1 saturated heterocycles. The van der Waals surface area contributed by atoms with Crippen molar-refractivity contribution in [2.45, 2.75) is 38.5 Å². The van der Waals surface area contributed by atoms with Gasteiger partial charge >= 0.3 is 0 Å². The monoisotopic (exact) mass is 419 g/mol. The van der Waals surface area contributed by atoms with Gasteiger partial charge < -0.3 is 19.5 Å². The number of fused-ring (bicyclic) bond motifs is 1. The van der Waals surface area contributed by atoms with E-state index in [-0.39, 0.29) is 16.9 Å². The van der Waals surface area contributed by atoms with Gasteiger partial charge in [-0.2, -0.15) is 5.10 Å². The first-order chi connectivity index (χ1) is 14.6. The molecular weight excluding hydrogens is 396 g/mol. The van der Waals surface area contributed by atoms with E-state index < -0.39 is 12.7 Å². The molecule has 0 spiro atoms. The lowest BCUT2D eigenvalue weighted by atomic mass is 10.2. The number of hydrogen-bond donors (Lipinski definition) is 1. The Morgan fingerprint density at radius 2 is 2.10 bits per heavy atom. The SMILES string of the molecule is COc1ccc(CNc2ncnc3c2c(C(F)F)nn3C2CCCCO2)c(OC)c1. The summed E-state index contributed by atoms with van der Waals surface area (Å²) in [5.74, 6) is 1.57. The maximum Gasteiger partial charge on any atom is 0.282 e. The first-order valence-corrected chi connectivity index (χ1v) is 9.70. The molecule has 1 fully saturated rings. The lowest BCUT2D eigenvalue weighted by molar-refractivity contribution is -0.0378. The van der Waals surface area contributed by atoms with E-state index in [0.29, 0.717) is 36.7 Å². The summed E-state index contributed by atoms with van der Waals surface area (Å²) >= 11 is 0. The van der Waals surface area contributed by atoms with Crippen LogP contribution < -0.4 is 14.8 Å². The summed E-state index contributed by atoms with van der Waals surface area (Å²) in [6, 6.07) is 5.41. The van der Waals surface area contributed by atoms with Gasteiger partial charge in [-0.05, 0) is 31.4 Å². The molecule has 1 aromatic carbocycles. The number of aromatic nitrogens is 4. The highest BCUT2D eigenvalue weighted by molar-refractivity contribution is 5.89. The average molecular weight is 419 g/mol. The molecule has 0 bridgehead atoms. The second-order valence-corrected chi connectivity index (χ2v) is 6.90. The zero-order valence-corrected chi connectivity index (χ0v) is 16.8. The van der Waals surface area contributed by atoms with Crippen molar-refractivity contribution < 1.29 is 23.0 Å². The second kappa shape index (κ2) is 8.78. The summed E-state index contributed by atoms with van der Waals surface area (Å²) < 4.78 is 45.4. The zero-order chi connectivity index (χ0) is 21.1. The molecule has 1 aliphatic rings. The molecule has 30 heavy (non-hydrogen) atoms. The van der Waals surface area contributed by atoms with Crippen LogP contribution in [0.15, 0.2) is 24.5 Å². The predicted molar refractivity (Wildman–Crippen MR) is 106 cm³/mol. The van der Waals surface area contributed by atoms with Crippen LogP contribution in [0.3, 0.4) is 0 Å². The number of methoxy groups -OCH3 is 2. The van der Waals surface area contributed by atoms with Crippen molar-refractivity contribution in [1.29, 1.82) is 0 Å². The van der Waals surface area contributed by atoms with E-state index in [4.69, 9.17) is 14.2 Å². The normalized spacial score (nSPS) is 16.8. The van der Waals surface area contributed by atoms with Crippen LogP contribution in [0.5, 0.6) is 11.5 Å². The Morgan fingerprint density at radius 3 is 2.80 bits per heavy atom. The van der Waals surface area contributed by atoms with Gasteiger partial charge in [-0.15, -0.1) is 0 Å². The van der Waals surface area contributed by atoms with Gasteiger partial charge in [-0.1, -0.05) is 0 Å². The Kier molecular flexibility index (Phi) is 5.93. The largest absolute Gasteiger partial charge is 0.497 e. The fourth-order valence-corrected chi connectivity index (χ4v) is 3.58. The second-order valence-electron chi connectivity index (χ2n) is 6.90. The van der Waals surface area contributed by atoms with Gasteiger partial charge in [0.15, 0.2) is 11.9 Å². The van der Waals surface area contributed by atoms with Gasteiger partial charge in [0.25, 0.3) is 6.43 Å². The van der Waals surface area contributed by atoms with E-state index in [0.717, 1.165) is 18.4 Å². The van der Waals surface area contributed by atoms with Gasteiger partial charge in [-0.25, -0.2) is 23.4 Å². The molecule has 0 aliphatic carbocycles. The summed E-state index contributed by atoms with van der Waals surface area (Å²) in [6.45, 7) is 0.885. The van der Waals surface area contributed by atoms with Crippen LogP contribution in [0.2, 0.25) is 0 Å². The van der Waals surface area contributed by atoms with Crippen molar-refractivity contribution in [3.63, 3.8) is 0 Å². The van der Waals surface area contributed by atoms with Crippen LogP contribution in [0.1, 0.15) is 43.2 Å². The number of hydrogen-bond acceptors (Lipinski definition) is 7. The molecule has 1 N–H and O–H groups in total. The molecule has 0 amide bonds. The van der Waals surface area contributed by atoms with Crippen molar-refractivity contribution in [3.05, 3.63) is 35.8 Å². The lowest BCUT2D eigenvalue weighted by Crippen LogP contribution is -2.19. The van der Waals surface area contributed by atoms with E-state index in [9.17, 15) is 8.78 Å². The summed E-state index contributed by atoms with van der Waals surface area (Å²) in [4.78, 5) is 8.42. The summed E-state index contributed by atoms with van der Waals surface area (Å²) in [5, 5.41) is 7.47. The van der Waals surface area contributed by atoms with E-state index in [1.54, 1.807) is 26.4 Å². The molecule has 1 aliphatic heterocycles. The van der Waals surface area contributed by atoms with Crippen LogP contribution >= 0.6 is 0 Å². The molecule has 3 aromatic rings. The van der Waals surface area contributed by atoms with Gasteiger partial charge in [0.2, 0.25) is 0 Å². The van der Waals surface area contributed by atoms with Crippen LogP contribution in [-0.4, -0.2) is 40.6 Å². The Morgan fingerprint density at radius 1 is 1.23 bits per heavy atom. The maximum absolute atomic E-state index is 13.8. The van der Waals surface area contributed by atoms with Gasteiger partial charge in [0.05, 0.1) is 19.6 Å². The number of ether oxygens (including phenoxy) is 3. The number of nitrogens with zero attached hydrogens (tertiary/aromatic N) is 4. The molecule has 1 unspecified atom stereocenters. The summed E-state index contributed by atoms with van der Waals surface area (Å²) in [5.41, 5.74) is 0.798. The topological polar surface area (TPSA) is 83.3 Å². The molecule has 10 heteroatoms. The first kappa shape index (κ1) is 20.3. The predicted octanol–water partition coefficient (Wildman–Crippen LogP) is 4.09. The lowest BCUT2D eigenvalue weighted by Gasteiger charge is -2.23. The molecule has 3 heterocycles. The maximum atomic E-state index is 13.8. The summed E-state index contributed by atoms with van der Waals surface area (Å²) in [7, 11) is 3.13. The van der Waals surface area contributed by atoms with Gasteiger partial charge in [-0.3, -0.25) is 0 Å². The molecule has 0 radical (unpaired) electrons. The number of halogens is 2. The molecule has 1 atom stereocenters. The number of anilines is 1. The molecule has 8 nitrogen and oxygen atoms in total. The van der Waals surface area contributed by atoms with E-state index >= 15 is 0 Å². The smallest absolute Gasteiger partial charge is 0.282 e. The number of rotatable bonds is 7. The quantitative estimate of drug-likeness (QED) is 0.617. The zero-order valence-electron chi connectivity index (χ0n) is 16.8. The van der Waals surface area contributed by atoms with Gasteiger partial charge in [0.1, 0.15) is 29.3 Å². The van der Waals surface area contributed by atoms with Crippen molar-refractivity contribution >= 4 is 16.9 Å². The van der Waals surface area contributed by atoms with Gasteiger partial charge in [0, 0.05) is 24.8 Å². The van der Waals surface area contributed by atoms with E-state index in [1.165, 1.54) is 11.0 Å². The number of benzene rings is 1. The Bertz CT molecular complexity index is 1020. The molecule has 0 saturated carbocycles. The molecule has 4 rings (SSSR count). The third kappa shape index (κ3) is 3.87. The molecular formula is C20H23F2N5O3. The first-order valence-electron chi connectivity index (χ1n) is 9.70. The van der Waals surface area contributed by atoms with Crippen molar-refractivity contribution in [1.82, 2.24) is 19.7 Å². The summed E-state index contributed by atoms with van der Waals surface area (Å²) in [6.07, 6.45) is 0.769. The fraction of sp³-hybridized carbons (Fsp3) is 0.450. The molecule has 160 valence electrons. The minimum absolute atomic E-state index is 0.203. The third-order valence-electron chi connectivity index (χ3n) is 5.09. The molecule has 2 aromatic heterocycles. The van der Waals surface area contributed by atoms with E-state index in [1.807, 2.05) is 6.07 Å². The minimum atomic E-state index is -2.76. The number of alkyl halides is 2. The van der Waals surface area contributed by atoms with E-state index in [2.05, 4.69) is 20.4 Å². The van der Waals surface area contributed by atoms with Crippen LogP contribution in [0.25, 0.3) is 11.0 Å². The van der Waals surface area contributed by atoms with Crippen molar-refractivity contribution in [3.8, 4) is 11.5 Å². The van der Waals surface area contributed by atoms with Crippen molar-refractivity contribution in [2.24, 2.45) is 0 Å². The Hall–Kier alpha value is -3.01.